The van der Waals surface area contributed by atoms with E-state index in [0.717, 1.165) is 11.3 Å². The van der Waals surface area contributed by atoms with Crippen LogP contribution in [0, 0.1) is 0 Å². The van der Waals surface area contributed by atoms with Gasteiger partial charge in [-0.2, -0.15) is 4.98 Å². The number of hydrogen-bond donors (Lipinski definition) is 1. The van der Waals surface area contributed by atoms with E-state index in [9.17, 15) is 4.79 Å². The second-order valence-electron chi connectivity index (χ2n) is 5.45. The Bertz CT molecular complexity index is 890. The zero-order valence-electron chi connectivity index (χ0n) is 14.4. The van der Waals surface area contributed by atoms with Gasteiger partial charge in [-0.3, -0.25) is 4.79 Å². The smallest absolute Gasteiger partial charge is 0.237 e. The van der Waals surface area contributed by atoms with E-state index in [4.69, 9.17) is 15.0 Å². The minimum atomic E-state index is -0.362. The molecule has 9 nitrogen and oxygen atoms in total. The number of amides is 1. The van der Waals surface area contributed by atoms with Crippen molar-refractivity contribution in [3.63, 3.8) is 0 Å². The van der Waals surface area contributed by atoms with Gasteiger partial charge in [-0.25, -0.2) is 0 Å². The fraction of sp³-hybridized carbons (Fsp3) is 0.312. The molecule has 0 aliphatic rings. The molecule has 0 aliphatic carbocycles. The van der Waals surface area contributed by atoms with Crippen LogP contribution in [0.2, 0.25) is 0 Å². The third-order valence-corrected chi connectivity index (χ3v) is 4.67. The lowest BCUT2D eigenvalue weighted by atomic mass is 10.2. The Morgan fingerprint density at radius 1 is 1.31 bits per heavy atom. The van der Waals surface area contributed by atoms with Gasteiger partial charge in [0.25, 0.3) is 0 Å². The van der Waals surface area contributed by atoms with Crippen molar-refractivity contribution < 1.29 is 14.1 Å². The first-order valence-corrected chi connectivity index (χ1v) is 8.81. The molecule has 0 unspecified atom stereocenters. The summed E-state index contributed by atoms with van der Waals surface area (Å²) in [5, 5.41) is 12.9. The van der Waals surface area contributed by atoms with Gasteiger partial charge in [0.1, 0.15) is 11.6 Å². The molecule has 2 N–H and O–H groups in total. The van der Waals surface area contributed by atoms with Crippen LogP contribution >= 0.6 is 11.8 Å². The summed E-state index contributed by atoms with van der Waals surface area (Å²) in [6.45, 7) is 0. The highest BCUT2D eigenvalue weighted by Gasteiger charge is 2.13. The summed E-state index contributed by atoms with van der Waals surface area (Å²) >= 11 is 1.43. The molecule has 0 spiro atoms. The second-order valence-corrected chi connectivity index (χ2v) is 6.40. The van der Waals surface area contributed by atoms with E-state index in [1.807, 2.05) is 35.9 Å². The molecule has 3 rings (SSSR count). The fourth-order valence-electron chi connectivity index (χ4n) is 2.22. The van der Waals surface area contributed by atoms with E-state index < -0.39 is 0 Å². The van der Waals surface area contributed by atoms with E-state index in [0.29, 0.717) is 34.9 Å². The van der Waals surface area contributed by atoms with Crippen molar-refractivity contribution >= 4 is 17.7 Å². The lowest BCUT2D eigenvalue weighted by Crippen LogP contribution is -2.12. The summed E-state index contributed by atoms with van der Waals surface area (Å²) < 4.78 is 12.3. The molecule has 0 atom stereocenters. The number of carbonyl (C=O) groups excluding carboxylic acids is 1. The summed E-state index contributed by atoms with van der Waals surface area (Å²) in [6.07, 6.45) is 0.701. The molecule has 1 aromatic carbocycles. The number of nitrogens with two attached hydrogens (primary N) is 1. The Morgan fingerprint density at radius 3 is 2.77 bits per heavy atom. The average Bonchev–Trinajstić information content (AvgIpc) is 3.25. The lowest BCUT2D eigenvalue weighted by molar-refractivity contribution is -0.118. The topological polar surface area (TPSA) is 122 Å². The second kappa shape index (κ2) is 8.00. The average molecular weight is 374 g/mol. The largest absolute Gasteiger partial charge is 0.497 e. The van der Waals surface area contributed by atoms with E-state index in [-0.39, 0.29) is 12.3 Å². The van der Waals surface area contributed by atoms with Gasteiger partial charge in [-0.05, 0) is 24.3 Å². The van der Waals surface area contributed by atoms with Crippen LogP contribution in [0.4, 0.5) is 0 Å². The third kappa shape index (κ3) is 4.20. The molecule has 136 valence electrons. The highest BCUT2D eigenvalue weighted by molar-refractivity contribution is 7.98. The van der Waals surface area contributed by atoms with Crippen molar-refractivity contribution in [3.8, 4) is 17.1 Å². The first-order chi connectivity index (χ1) is 12.6. The number of methoxy groups -OCH3 is 1. The minimum Gasteiger partial charge on any atom is -0.497 e. The molecule has 26 heavy (non-hydrogen) atoms. The molecule has 1 amide bonds. The maximum Gasteiger partial charge on any atom is 0.237 e. The molecule has 0 saturated carbocycles. The molecule has 2 heterocycles. The van der Waals surface area contributed by atoms with Crippen molar-refractivity contribution in [1.29, 1.82) is 0 Å². The minimum absolute atomic E-state index is 0.242. The number of benzene rings is 1. The Balaban J connectivity index is 1.62. The maximum atomic E-state index is 10.9. The summed E-state index contributed by atoms with van der Waals surface area (Å²) in [4.78, 5) is 15.3. The standard InChI is InChI=1S/C16H18N6O3S/c1-22-13(8-7-12(17)23)19-20-16(22)26-9-14-18-15(21-25-14)10-3-5-11(24-2)6-4-10/h3-6H,7-9H2,1-2H3,(H2,17,23). The van der Waals surface area contributed by atoms with Gasteiger partial charge in [0.15, 0.2) is 5.16 Å². The quantitative estimate of drug-likeness (QED) is 0.590. The molecule has 0 bridgehead atoms. The Morgan fingerprint density at radius 2 is 2.08 bits per heavy atom. The van der Waals surface area contributed by atoms with Crippen LogP contribution in [0.15, 0.2) is 33.9 Å². The van der Waals surface area contributed by atoms with Crippen molar-refractivity contribution in [3.05, 3.63) is 36.0 Å². The third-order valence-electron chi connectivity index (χ3n) is 3.66. The van der Waals surface area contributed by atoms with Crippen LogP contribution in [-0.2, 0) is 24.0 Å². The predicted molar refractivity (Wildman–Crippen MR) is 94.4 cm³/mol. The molecule has 0 radical (unpaired) electrons. The van der Waals surface area contributed by atoms with Crippen LogP contribution in [0.5, 0.6) is 5.75 Å². The van der Waals surface area contributed by atoms with Crippen LogP contribution in [0.3, 0.4) is 0 Å². The van der Waals surface area contributed by atoms with Gasteiger partial charge in [0, 0.05) is 25.5 Å². The molecular formula is C16H18N6O3S. The van der Waals surface area contributed by atoms with Gasteiger partial charge >= 0.3 is 0 Å². The summed E-state index contributed by atoms with van der Waals surface area (Å²) in [7, 11) is 3.46. The molecule has 3 aromatic rings. The zero-order chi connectivity index (χ0) is 18.5. The van der Waals surface area contributed by atoms with Gasteiger partial charge in [0.05, 0.1) is 12.9 Å². The Hall–Kier alpha value is -2.88. The predicted octanol–water partition coefficient (Wildman–Crippen LogP) is 1.58. The number of ether oxygens (including phenoxy) is 1. The molecule has 0 saturated heterocycles. The van der Waals surface area contributed by atoms with E-state index in [1.54, 1.807) is 7.11 Å². The number of hydrogen-bond acceptors (Lipinski definition) is 8. The van der Waals surface area contributed by atoms with Crippen LogP contribution < -0.4 is 10.5 Å². The number of aryl methyl sites for hydroxylation is 1. The summed E-state index contributed by atoms with van der Waals surface area (Å²) in [6, 6.07) is 7.42. The molecular weight excluding hydrogens is 356 g/mol. The van der Waals surface area contributed by atoms with Crippen molar-refractivity contribution in [2.75, 3.05) is 7.11 Å². The van der Waals surface area contributed by atoms with Crippen LogP contribution in [0.1, 0.15) is 18.1 Å². The molecule has 10 heteroatoms. The van der Waals surface area contributed by atoms with E-state index in [1.165, 1.54) is 11.8 Å². The molecule has 2 aromatic heterocycles. The Kier molecular flexibility index (Phi) is 5.52. The van der Waals surface area contributed by atoms with Crippen molar-refractivity contribution in [1.82, 2.24) is 24.9 Å². The van der Waals surface area contributed by atoms with E-state index in [2.05, 4.69) is 20.3 Å². The summed E-state index contributed by atoms with van der Waals surface area (Å²) in [5.41, 5.74) is 6.01. The van der Waals surface area contributed by atoms with Gasteiger partial charge in [-0.1, -0.05) is 16.9 Å². The molecule has 0 fully saturated rings. The summed E-state index contributed by atoms with van der Waals surface area (Å²) in [5.74, 6) is 2.58. The number of aromatic nitrogens is 5. The SMILES string of the molecule is COc1ccc(-c2noc(CSc3nnc(CCC(N)=O)n3C)n2)cc1. The highest BCUT2D eigenvalue weighted by atomic mass is 32.2. The number of rotatable bonds is 8. The fourth-order valence-corrected chi connectivity index (χ4v) is 2.99. The lowest BCUT2D eigenvalue weighted by Gasteiger charge is -2.01. The van der Waals surface area contributed by atoms with Gasteiger partial charge in [-0.15, -0.1) is 10.2 Å². The number of thioether (sulfide) groups is 1. The Labute approximate surface area is 153 Å². The van der Waals surface area contributed by atoms with Crippen molar-refractivity contribution in [2.24, 2.45) is 12.8 Å². The maximum absolute atomic E-state index is 10.9. The normalized spacial score (nSPS) is 10.8. The van der Waals surface area contributed by atoms with Gasteiger partial charge in [0.2, 0.25) is 17.6 Å². The number of primary amides is 1. The molecule has 0 aliphatic heterocycles. The first kappa shape index (κ1) is 17.9. The van der Waals surface area contributed by atoms with E-state index >= 15 is 0 Å². The van der Waals surface area contributed by atoms with Crippen LogP contribution in [0.25, 0.3) is 11.4 Å². The number of nitrogens with zero attached hydrogens (tertiary/aromatic N) is 5. The van der Waals surface area contributed by atoms with Crippen molar-refractivity contribution in [2.45, 2.75) is 23.8 Å². The first-order valence-electron chi connectivity index (χ1n) is 7.83. The number of carbonyl (C=O) groups is 1. The zero-order valence-corrected chi connectivity index (χ0v) is 15.2. The van der Waals surface area contributed by atoms with Gasteiger partial charge < -0.3 is 19.6 Å². The monoisotopic (exact) mass is 374 g/mol. The highest BCUT2D eigenvalue weighted by Crippen LogP contribution is 2.23. The van der Waals surface area contributed by atoms with Crippen LogP contribution in [-0.4, -0.2) is 37.9 Å².